The molecule has 0 spiro atoms. The van der Waals surface area contributed by atoms with E-state index >= 15 is 0 Å². The number of hydrogen-bond donors (Lipinski definition) is 1. The number of nitrogens with one attached hydrogen (secondary N) is 1. The first kappa shape index (κ1) is 15.3. The van der Waals surface area contributed by atoms with Crippen LogP contribution in [0.5, 0.6) is 5.75 Å². The second-order valence-corrected chi connectivity index (χ2v) is 4.52. The number of rotatable bonds is 6. The van der Waals surface area contributed by atoms with Crippen LogP contribution in [-0.4, -0.2) is 37.2 Å². The Morgan fingerprint density at radius 2 is 1.95 bits per heavy atom. The number of amides is 2. The molecule has 106 valence electrons. The highest BCUT2D eigenvalue weighted by Crippen LogP contribution is 2.18. The van der Waals surface area contributed by atoms with E-state index < -0.39 is 0 Å². The Balaban J connectivity index is 2.33. The number of carbonyl (C=O) groups excluding carboxylic acids is 1. The molecule has 4 nitrogen and oxygen atoms in total. The van der Waals surface area contributed by atoms with Crippen molar-refractivity contribution in [1.82, 2.24) is 10.2 Å². The molecule has 1 N–H and O–H groups in total. The van der Waals surface area contributed by atoms with Crippen molar-refractivity contribution in [2.45, 2.75) is 27.7 Å². The summed E-state index contributed by atoms with van der Waals surface area (Å²) in [4.78, 5) is 13.4. The van der Waals surface area contributed by atoms with Gasteiger partial charge in [-0.2, -0.15) is 0 Å². The number of urea groups is 1. The summed E-state index contributed by atoms with van der Waals surface area (Å²) in [5.74, 6) is 0.877. The highest BCUT2D eigenvalue weighted by atomic mass is 16.5. The Bertz CT molecular complexity index is 415. The third-order valence-electron chi connectivity index (χ3n) is 3.02. The maximum Gasteiger partial charge on any atom is 0.317 e. The van der Waals surface area contributed by atoms with Gasteiger partial charge in [0.15, 0.2) is 0 Å². The third kappa shape index (κ3) is 4.81. The minimum Gasteiger partial charge on any atom is -0.491 e. The molecule has 0 aromatic heterocycles. The maximum atomic E-state index is 11.7. The zero-order valence-corrected chi connectivity index (χ0v) is 12.3. The van der Waals surface area contributed by atoms with Gasteiger partial charge in [0.2, 0.25) is 0 Å². The largest absolute Gasteiger partial charge is 0.491 e. The normalized spacial score (nSPS) is 10.1. The van der Waals surface area contributed by atoms with Crippen LogP contribution in [0.1, 0.15) is 25.0 Å². The van der Waals surface area contributed by atoms with Crippen LogP contribution in [0.25, 0.3) is 0 Å². The van der Waals surface area contributed by atoms with Crippen LogP contribution < -0.4 is 10.1 Å². The minimum absolute atomic E-state index is 0.0331. The topological polar surface area (TPSA) is 41.6 Å². The molecule has 0 aliphatic rings. The molecule has 0 radical (unpaired) electrons. The predicted molar refractivity (Wildman–Crippen MR) is 77.7 cm³/mol. The lowest BCUT2D eigenvalue weighted by molar-refractivity contribution is 0.200. The third-order valence-corrected chi connectivity index (χ3v) is 3.02. The summed E-state index contributed by atoms with van der Waals surface area (Å²) in [6, 6.07) is 6.05. The molecule has 1 aromatic rings. The van der Waals surface area contributed by atoms with Gasteiger partial charge < -0.3 is 15.0 Å². The summed E-state index contributed by atoms with van der Waals surface area (Å²) >= 11 is 0. The maximum absolute atomic E-state index is 11.7. The number of carbonyl (C=O) groups is 1. The van der Waals surface area contributed by atoms with Crippen LogP contribution in [0.2, 0.25) is 0 Å². The molecule has 1 rings (SSSR count). The molecule has 1 aromatic carbocycles. The minimum atomic E-state index is -0.0331. The highest BCUT2D eigenvalue weighted by Gasteiger charge is 2.07. The van der Waals surface area contributed by atoms with Gasteiger partial charge >= 0.3 is 6.03 Å². The summed E-state index contributed by atoms with van der Waals surface area (Å²) in [5.41, 5.74) is 2.34. The summed E-state index contributed by atoms with van der Waals surface area (Å²) in [6.07, 6.45) is 0. The summed E-state index contributed by atoms with van der Waals surface area (Å²) < 4.78 is 5.66. The second-order valence-electron chi connectivity index (χ2n) is 4.52. The number of benzene rings is 1. The standard InChI is InChI=1S/C15H24N2O2/c1-5-17(6-2)15(18)16-9-10-19-14-8-7-12(3)11-13(14)4/h7-8,11H,5-6,9-10H2,1-4H3,(H,16,18). The lowest BCUT2D eigenvalue weighted by Gasteiger charge is -2.19. The van der Waals surface area contributed by atoms with Crippen molar-refractivity contribution >= 4 is 6.03 Å². The average molecular weight is 264 g/mol. The number of hydrogen-bond acceptors (Lipinski definition) is 2. The Hall–Kier alpha value is -1.71. The molecule has 2 amide bonds. The molecular weight excluding hydrogens is 240 g/mol. The molecule has 0 aliphatic heterocycles. The van der Waals surface area contributed by atoms with Crippen LogP contribution in [0.4, 0.5) is 4.79 Å². The second kappa shape index (κ2) is 7.67. The van der Waals surface area contributed by atoms with Crippen LogP contribution >= 0.6 is 0 Å². The molecule has 0 unspecified atom stereocenters. The van der Waals surface area contributed by atoms with Gasteiger partial charge in [0.25, 0.3) is 0 Å². The van der Waals surface area contributed by atoms with Crippen LogP contribution in [-0.2, 0) is 0 Å². The van der Waals surface area contributed by atoms with Gasteiger partial charge in [-0.05, 0) is 39.3 Å². The SMILES string of the molecule is CCN(CC)C(=O)NCCOc1ccc(C)cc1C. The van der Waals surface area contributed by atoms with Gasteiger partial charge in [0.05, 0.1) is 6.54 Å². The lowest BCUT2D eigenvalue weighted by Crippen LogP contribution is -2.41. The van der Waals surface area contributed by atoms with E-state index in [1.165, 1.54) is 5.56 Å². The average Bonchev–Trinajstić information content (AvgIpc) is 2.38. The van der Waals surface area contributed by atoms with Crippen molar-refractivity contribution in [3.63, 3.8) is 0 Å². The van der Waals surface area contributed by atoms with E-state index in [9.17, 15) is 4.79 Å². The Labute approximate surface area is 115 Å². The first-order chi connectivity index (χ1) is 9.08. The van der Waals surface area contributed by atoms with E-state index in [2.05, 4.69) is 18.3 Å². The summed E-state index contributed by atoms with van der Waals surface area (Å²) in [6.45, 7) is 10.5. The van der Waals surface area contributed by atoms with Gasteiger partial charge in [0.1, 0.15) is 12.4 Å². The van der Waals surface area contributed by atoms with E-state index in [0.717, 1.165) is 24.4 Å². The molecule has 19 heavy (non-hydrogen) atoms. The quantitative estimate of drug-likeness (QED) is 0.803. The van der Waals surface area contributed by atoms with Crippen LogP contribution in [0.3, 0.4) is 0 Å². The first-order valence-corrected chi connectivity index (χ1v) is 6.81. The molecule has 0 heterocycles. The zero-order chi connectivity index (χ0) is 14.3. The highest BCUT2D eigenvalue weighted by molar-refractivity contribution is 5.74. The molecule has 4 heteroatoms. The van der Waals surface area contributed by atoms with Crippen LogP contribution in [0, 0.1) is 13.8 Å². The fourth-order valence-electron chi connectivity index (χ4n) is 1.90. The van der Waals surface area contributed by atoms with E-state index in [4.69, 9.17) is 4.74 Å². The van der Waals surface area contributed by atoms with Crippen molar-refractivity contribution in [3.05, 3.63) is 29.3 Å². The van der Waals surface area contributed by atoms with E-state index in [1.807, 2.05) is 32.9 Å². The molecular formula is C15H24N2O2. The van der Waals surface area contributed by atoms with E-state index in [-0.39, 0.29) is 6.03 Å². The van der Waals surface area contributed by atoms with Gasteiger partial charge in [-0.15, -0.1) is 0 Å². The van der Waals surface area contributed by atoms with Crippen molar-refractivity contribution in [3.8, 4) is 5.75 Å². The first-order valence-electron chi connectivity index (χ1n) is 6.81. The number of ether oxygens (including phenoxy) is 1. The molecule has 0 fully saturated rings. The van der Waals surface area contributed by atoms with Gasteiger partial charge in [-0.25, -0.2) is 4.79 Å². The van der Waals surface area contributed by atoms with E-state index in [0.29, 0.717) is 13.2 Å². The fraction of sp³-hybridized carbons (Fsp3) is 0.533. The van der Waals surface area contributed by atoms with Crippen molar-refractivity contribution in [2.75, 3.05) is 26.2 Å². The fourth-order valence-corrected chi connectivity index (χ4v) is 1.90. The van der Waals surface area contributed by atoms with Gasteiger partial charge in [-0.1, -0.05) is 17.7 Å². The lowest BCUT2D eigenvalue weighted by atomic mass is 10.1. The van der Waals surface area contributed by atoms with Gasteiger partial charge in [0, 0.05) is 13.1 Å². The van der Waals surface area contributed by atoms with Crippen molar-refractivity contribution in [2.24, 2.45) is 0 Å². The Kier molecular flexibility index (Phi) is 6.19. The van der Waals surface area contributed by atoms with Crippen LogP contribution in [0.15, 0.2) is 18.2 Å². The van der Waals surface area contributed by atoms with E-state index in [1.54, 1.807) is 4.90 Å². The van der Waals surface area contributed by atoms with Crippen molar-refractivity contribution < 1.29 is 9.53 Å². The predicted octanol–water partition coefficient (Wildman–Crippen LogP) is 2.73. The monoisotopic (exact) mass is 264 g/mol. The molecule has 0 aliphatic carbocycles. The molecule has 0 saturated heterocycles. The molecule has 0 atom stereocenters. The number of nitrogens with zero attached hydrogens (tertiary/aromatic N) is 1. The summed E-state index contributed by atoms with van der Waals surface area (Å²) in [5, 5.41) is 2.85. The smallest absolute Gasteiger partial charge is 0.317 e. The Morgan fingerprint density at radius 3 is 2.53 bits per heavy atom. The van der Waals surface area contributed by atoms with Gasteiger partial charge in [-0.3, -0.25) is 0 Å². The zero-order valence-electron chi connectivity index (χ0n) is 12.3. The molecule has 0 bridgehead atoms. The Morgan fingerprint density at radius 1 is 1.26 bits per heavy atom. The molecule has 0 saturated carbocycles. The van der Waals surface area contributed by atoms with Crippen molar-refractivity contribution in [1.29, 1.82) is 0 Å². The summed E-state index contributed by atoms with van der Waals surface area (Å²) in [7, 11) is 0. The number of aryl methyl sites for hydroxylation is 2.